The van der Waals surface area contributed by atoms with Crippen LogP contribution in [0.4, 0.5) is 4.39 Å². The van der Waals surface area contributed by atoms with Crippen LogP contribution in [0.2, 0.25) is 0 Å². The van der Waals surface area contributed by atoms with Crippen molar-refractivity contribution >= 4 is 17.6 Å². The lowest BCUT2D eigenvalue weighted by atomic mass is 10.1. The van der Waals surface area contributed by atoms with E-state index < -0.39 is 5.97 Å². The van der Waals surface area contributed by atoms with E-state index in [9.17, 15) is 19.6 Å². The van der Waals surface area contributed by atoms with Crippen LogP contribution in [0, 0.1) is 17.1 Å². The second-order valence-corrected chi connectivity index (χ2v) is 5.32. The van der Waals surface area contributed by atoms with Crippen LogP contribution in [0.25, 0.3) is 17.3 Å². The molecule has 0 fully saturated rings. The molecule has 0 unspecified atom stereocenters. The third-order valence-corrected chi connectivity index (χ3v) is 3.71. The zero-order chi connectivity index (χ0) is 17.8. The molecule has 25 heavy (non-hydrogen) atoms. The summed E-state index contributed by atoms with van der Waals surface area (Å²) in [6, 6.07) is 17.7. The minimum absolute atomic E-state index is 0.0696. The van der Waals surface area contributed by atoms with Crippen molar-refractivity contribution in [2.45, 2.75) is 0 Å². The van der Waals surface area contributed by atoms with Crippen LogP contribution in [-0.4, -0.2) is 10.5 Å². The van der Waals surface area contributed by atoms with Crippen LogP contribution >= 0.6 is 0 Å². The molecule has 0 aliphatic rings. The predicted molar refractivity (Wildman–Crippen MR) is 90.0 cm³/mol. The monoisotopic (exact) mass is 331 g/mol. The third kappa shape index (κ3) is 3.48. The lowest BCUT2D eigenvalue weighted by Crippen LogP contribution is -2.22. The number of carboxylic acids is 1. The number of benzene rings is 2. The fraction of sp³-hybridized carbons (Fsp3) is 0. The normalized spacial score (nSPS) is 11.1. The summed E-state index contributed by atoms with van der Waals surface area (Å²) in [5.74, 6) is -1.63. The molecule has 0 amide bonds. The molecule has 0 saturated carbocycles. The summed E-state index contributed by atoms with van der Waals surface area (Å²) in [6.07, 6.45) is 3.43. The third-order valence-electron chi connectivity index (χ3n) is 3.71. The van der Waals surface area contributed by atoms with E-state index in [4.69, 9.17) is 0 Å². The number of carbonyl (C=O) groups excluding carboxylic acids is 1. The van der Waals surface area contributed by atoms with Crippen molar-refractivity contribution in [3.8, 4) is 11.8 Å². The van der Waals surface area contributed by atoms with Crippen LogP contribution in [0.3, 0.4) is 0 Å². The van der Waals surface area contributed by atoms with Gasteiger partial charge in [0.15, 0.2) is 0 Å². The Balaban J connectivity index is 2.04. The molecule has 3 aromatic rings. The number of carbonyl (C=O) groups is 1. The maximum absolute atomic E-state index is 13.1. The minimum atomic E-state index is -1.25. The molecule has 1 heterocycles. The number of hydrogen-bond donors (Lipinski definition) is 0. The Morgan fingerprint density at radius 3 is 2.52 bits per heavy atom. The van der Waals surface area contributed by atoms with Gasteiger partial charge in [0.2, 0.25) is 0 Å². The van der Waals surface area contributed by atoms with Crippen LogP contribution in [0.5, 0.6) is 0 Å². The molecule has 122 valence electrons. The Labute approximate surface area is 143 Å². The average Bonchev–Trinajstić information content (AvgIpc) is 3.09. The Bertz CT molecular complexity index is 995. The summed E-state index contributed by atoms with van der Waals surface area (Å²) >= 11 is 0. The van der Waals surface area contributed by atoms with Gasteiger partial charge in [0.05, 0.1) is 17.6 Å². The zero-order valence-electron chi connectivity index (χ0n) is 13.0. The molecule has 0 spiro atoms. The van der Waals surface area contributed by atoms with Gasteiger partial charge in [0.25, 0.3) is 0 Å². The first-order chi connectivity index (χ1) is 12.1. The summed E-state index contributed by atoms with van der Waals surface area (Å²) in [5, 5.41) is 20.5. The van der Waals surface area contributed by atoms with Gasteiger partial charge >= 0.3 is 0 Å². The molecule has 0 bridgehead atoms. The zero-order valence-corrected chi connectivity index (χ0v) is 13.0. The molecule has 4 nitrogen and oxygen atoms in total. The maximum Gasteiger partial charge on any atom is 0.123 e. The van der Waals surface area contributed by atoms with Crippen molar-refractivity contribution in [3.63, 3.8) is 0 Å². The molecule has 3 rings (SSSR count). The van der Waals surface area contributed by atoms with Gasteiger partial charge in [-0.1, -0.05) is 24.3 Å². The predicted octanol–water partition coefficient (Wildman–Crippen LogP) is 3.04. The lowest BCUT2D eigenvalue weighted by Gasteiger charge is -2.10. The molecule has 0 aliphatic heterocycles. The molecule has 0 atom stereocenters. The maximum atomic E-state index is 13.1. The lowest BCUT2D eigenvalue weighted by molar-refractivity contribution is -0.255. The minimum Gasteiger partial charge on any atom is -0.545 e. The number of aromatic nitrogens is 1. The fourth-order valence-electron chi connectivity index (χ4n) is 2.49. The molecule has 5 heteroatoms. The standard InChI is InChI=1S/C20H13FN2O2/c21-17-8-6-14(7-9-17)16(13-22)12-19-5-2-10-23(19)18-4-1-3-15(11-18)20(24)25/h1-12H,(H,24,25)/p-1/b16-12+. The van der Waals surface area contributed by atoms with Gasteiger partial charge in [0.1, 0.15) is 5.82 Å². The van der Waals surface area contributed by atoms with Crippen molar-refractivity contribution < 1.29 is 14.3 Å². The number of carboxylic acid groups (broad SMARTS) is 1. The van der Waals surface area contributed by atoms with Crippen LogP contribution in [0.15, 0.2) is 66.9 Å². The van der Waals surface area contributed by atoms with E-state index in [0.717, 1.165) is 0 Å². The number of rotatable bonds is 4. The molecule has 0 N–H and O–H groups in total. The molecule has 1 aromatic heterocycles. The van der Waals surface area contributed by atoms with E-state index in [1.165, 1.54) is 36.4 Å². The summed E-state index contributed by atoms with van der Waals surface area (Å²) in [6.45, 7) is 0. The van der Waals surface area contributed by atoms with E-state index in [-0.39, 0.29) is 11.4 Å². The van der Waals surface area contributed by atoms with E-state index >= 15 is 0 Å². The summed E-state index contributed by atoms with van der Waals surface area (Å²) in [5.41, 5.74) is 2.36. The van der Waals surface area contributed by atoms with E-state index in [0.29, 0.717) is 22.5 Å². The topological polar surface area (TPSA) is 68.8 Å². The number of halogens is 1. The highest BCUT2D eigenvalue weighted by Gasteiger charge is 2.06. The van der Waals surface area contributed by atoms with Gasteiger partial charge in [-0.3, -0.25) is 0 Å². The average molecular weight is 331 g/mol. The van der Waals surface area contributed by atoms with Gasteiger partial charge in [0, 0.05) is 17.6 Å². The Kier molecular flexibility index (Phi) is 4.44. The highest BCUT2D eigenvalue weighted by atomic mass is 19.1. The van der Waals surface area contributed by atoms with E-state index in [1.807, 2.05) is 0 Å². The summed E-state index contributed by atoms with van der Waals surface area (Å²) < 4.78 is 14.8. The molecular formula is C20H12FN2O2-. The van der Waals surface area contributed by atoms with Gasteiger partial charge in [-0.2, -0.15) is 5.26 Å². The molecule has 0 saturated heterocycles. The number of nitrogens with zero attached hydrogens (tertiary/aromatic N) is 2. The molecular weight excluding hydrogens is 319 g/mol. The van der Waals surface area contributed by atoms with Crippen LogP contribution < -0.4 is 5.11 Å². The quantitative estimate of drug-likeness (QED) is 0.690. The van der Waals surface area contributed by atoms with Crippen molar-refractivity contribution in [1.82, 2.24) is 4.57 Å². The van der Waals surface area contributed by atoms with Gasteiger partial charge < -0.3 is 14.5 Å². The number of aromatic carboxylic acids is 1. The Morgan fingerprint density at radius 2 is 1.84 bits per heavy atom. The number of allylic oxidation sites excluding steroid dienone is 1. The first kappa shape index (κ1) is 16.2. The summed E-state index contributed by atoms with van der Waals surface area (Å²) in [4.78, 5) is 11.0. The number of hydrogen-bond acceptors (Lipinski definition) is 3. The van der Waals surface area contributed by atoms with E-state index in [2.05, 4.69) is 6.07 Å². The van der Waals surface area contributed by atoms with Crippen molar-refractivity contribution in [2.24, 2.45) is 0 Å². The van der Waals surface area contributed by atoms with Crippen molar-refractivity contribution in [1.29, 1.82) is 5.26 Å². The second-order valence-electron chi connectivity index (χ2n) is 5.32. The van der Waals surface area contributed by atoms with Crippen molar-refractivity contribution in [3.05, 3.63) is 89.5 Å². The first-order valence-electron chi connectivity index (χ1n) is 7.45. The summed E-state index contributed by atoms with van der Waals surface area (Å²) in [7, 11) is 0. The fourth-order valence-corrected chi connectivity index (χ4v) is 2.49. The van der Waals surface area contributed by atoms with Gasteiger partial charge in [-0.25, -0.2) is 4.39 Å². The highest BCUT2D eigenvalue weighted by molar-refractivity contribution is 5.89. The second kappa shape index (κ2) is 6.85. The van der Waals surface area contributed by atoms with E-state index in [1.54, 1.807) is 41.1 Å². The molecule has 0 radical (unpaired) electrons. The van der Waals surface area contributed by atoms with Crippen molar-refractivity contribution in [2.75, 3.05) is 0 Å². The molecule has 2 aromatic carbocycles. The Hall–Kier alpha value is -3.65. The van der Waals surface area contributed by atoms with Gasteiger partial charge in [-0.15, -0.1) is 0 Å². The SMILES string of the molecule is N#C/C(=C\c1cccn1-c1cccc(C(=O)[O-])c1)c1ccc(F)cc1. The largest absolute Gasteiger partial charge is 0.545 e. The van der Waals surface area contributed by atoms with Gasteiger partial charge in [-0.05, 0) is 53.6 Å². The van der Waals surface area contributed by atoms with Crippen LogP contribution in [-0.2, 0) is 0 Å². The first-order valence-corrected chi connectivity index (χ1v) is 7.45. The Morgan fingerprint density at radius 1 is 1.08 bits per heavy atom. The highest BCUT2D eigenvalue weighted by Crippen LogP contribution is 2.21. The van der Waals surface area contributed by atoms with Crippen LogP contribution in [0.1, 0.15) is 21.6 Å². The number of nitriles is 1. The smallest absolute Gasteiger partial charge is 0.123 e. The molecule has 0 aliphatic carbocycles.